The molecule has 0 aromatic heterocycles. The summed E-state index contributed by atoms with van der Waals surface area (Å²) in [7, 11) is 3.75. The standard InChI is InChI=1S/C3H3NO.C2H7N/c4-2-1-3-5;1-3-2/h3H,1H2;3H,1-2H3. The van der Waals surface area contributed by atoms with Crippen LogP contribution in [-0.4, -0.2) is 20.4 Å². The Hall–Kier alpha value is -0.880. The van der Waals surface area contributed by atoms with Crippen LogP contribution in [-0.2, 0) is 4.79 Å². The van der Waals surface area contributed by atoms with Crippen molar-refractivity contribution in [3.8, 4) is 6.07 Å². The van der Waals surface area contributed by atoms with Gasteiger partial charge in [-0.15, -0.1) is 0 Å². The highest BCUT2D eigenvalue weighted by molar-refractivity contribution is 5.52. The summed E-state index contributed by atoms with van der Waals surface area (Å²) in [6.07, 6.45) is 0.583. The average molecular weight is 114 g/mol. The minimum atomic E-state index is 0.0139. The van der Waals surface area contributed by atoms with E-state index in [1.54, 1.807) is 6.07 Å². The van der Waals surface area contributed by atoms with Crippen LogP contribution in [0.4, 0.5) is 0 Å². The highest BCUT2D eigenvalue weighted by Crippen LogP contribution is 1.55. The van der Waals surface area contributed by atoms with Crippen LogP contribution in [0.2, 0.25) is 0 Å². The van der Waals surface area contributed by atoms with E-state index in [2.05, 4.69) is 5.32 Å². The summed E-state index contributed by atoms with van der Waals surface area (Å²) in [5.74, 6) is 0. The summed E-state index contributed by atoms with van der Waals surface area (Å²) in [4.78, 5) is 9.18. The van der Waals surface area contributed by atoms with Gasteiger partial charge in [-0.3, -0.25) is 0 Å². The summed E-state index contributed by atoms with van der Waals surface area (Å²) < 4.78 is 0. The number of nitrogens with one attached hydrogen (secondary N) is 1. The zero-order valence-corrected chi connectivity index (χ0v) is 5.14. The lowest BCUT2D eigenvalue weighted by atomic mass is 10.5. The predicted octanol–water partition coefficient (Wildman–Crippen LogP) is -0.0654. The van der Waals surface area contributed by atoms with Crippen molar-refractivity contribution in [3.63, 3.8) is 0 Å². The molecule has 0 unspecified atom stereocenters. The second-order valence-corrected chi connectivity index (χ2v) is 1.03. The third-order valence-corrected chi connectivity index (χ3v) is 0.175. The van der Waals surface area contributed by atoms with Crippen molar-refractivity contribution in [1.29, 1.82) is 5.26 Å². The first kappa shape index (κ1) is 10.2. The van der Waals surface area contributed by atoms with Crippen LogP contribution in [0.3, 0.4) is 0 Å². The fraction of sp³-hybridized carbons (Fsp3) is 0.600. The Kier molecular flexibility index (Phi) is 21.0. The van der Waals surface area contributed by atoms with Gasteiger partial charge in [-0.05, 0) is 14.1 Å². The van der Waals surface area contributed by atoms with Crippen molar-refractivity contribution in [2.75, 3.05) is 14.1 Å². The molecule has 0 spiro atoms. The topological polar surface area (TPSA) is 52.9 Å². The number of carbonyl (C=O) groups is 1. The van der Waals surface area contributed by atoms with E-state index < -0.39 is 0 Å². The van der Waals surface area contributed by atoms with Crippen LogP contribution in [0, 0.1) is 11.3 Å². The fourth-order valence-corrected chi connectivity index (χ4v) is 0.0373. The zero-order chi connectivity index (χ0) is 6.83. The Balaban J connectivity index is 0. The second-order valence-electron chi connectivity index (χ2n) is 1.03. The minimum absolute atomic E-state index is 0.0139. The first-order valence-corrected chi connectivity index (χ1v) is 2.22. The number of aldehydes is 1. The van der Waals surface area contributed by atoms with Crippen molar-refractivity contribution < 1.29 is 4.79 Å². The molecule has 0 atom stereocenters. The summed E-state index contributed by atoms with van der Waals surface area (Å²) in [6, 6.07) is 1.65. The molecule has 0 aliphatic rings. The Morgan fingerprint density at radius 2 is 2.12 bits per heavy atom. The highest BCUT2D eigenvalue weighted by atomic mass is 16.1. The van der Waals surface area contributed by atoms with Gasteiger partial charge in [-0.25, -0.2) is 0 Å². The molecule has 3 heteroatoms. The second kappa shape index (κ2) is 16.5. The molecular weight excluding hydrogens is 104 g/mol. The molecule has 8 heavy (non-hydrogen) atoms. The van der Waals surface area contributed by atoms with E-state index in [1.165, 1.54) is 0 Å². The summed E-state index contributed by atoms with van der Waals surface area (Å²) in [5.41, 5.74) is 0. The van der Waals surface area contributed by atoms with E-state index in [4.69, 9.17) is 5.26 Å². The lowest BCUT2D eigenvalue weighted by molar-refractivity contribution is -0.107. The maximum Gasteiger partial charge on any atom is 0.134 e. The smallest absolute Gasteiger partial charge is 0.134 e. The van der Waals surface area contributed by atoms with Crippen LogP contribution in [0.5, 0.6) is 0 Å². The molecule has 0 aliphatic carbocycles. The van der Waals surface area contributed by atoms with Gasteiger partial charge in [0.05, 0.1) is 12.5 Å². The normalized spacial score (nSPS) is 5.62. The molecule has 0 saturated heterocycles. The molecule has 3 nitrogen and oxygen atoms in total. The third kappa shape index (κ3) is 69.3. The highest BCUT2D eigenvalue weighted by Gasteiger charge is 1.63. The van der Waals surface area contributed by atoms with Gasteiger partial charge in [-0.1, -0.05) is 0 Å². The van der Waals surface area contributed by atoms with Crippen LogP contribution >= 0.6 is 0 Å². The van der Waals surface area contributed by atoms with Crippen molar-refractivity contribution in [2.24, 2.45) is 0 Å². The average Bonchev–Trinajstić information content (AvgIpc) is 1.71. The minimum Gasteiger partial charge on any atom is -0.323 e. The molecule has 1 N–H and O–H groups in total. The van der Waals surface area contributed by atoms with Crippen molar-refractivity contribution in [2.45, 2.75) is 6.42 Å². The van der Waals surface area contributed by atoms with Gasteiger partial charge in [0.1, 0.15) is 6.29 Å². The number of nitriles is 1. The molecule has 0 aromatic rings. The van der Waals surface area contributed by atoms with Crippen molar-refractivity contribution >= 4 is 6.29 Å². The fourth-order valence-electron chi connectivity index (χ4n) is 0.0373. The van der Waals surface area contributed by atoms with Gasteiger partial charge in [-0.2, -0.15) is 5.26 Å². The first-order valence-electron chi connectivity index (χ1n) is 2.22. The molecule has 46 valence electrons. The van der Waals surface area contributed by atoms with Gasteiger partial charge in [0.25, 0.3) is 0 Å². The van der Waals surface area contributed by atoms with Crippen LogP contribution in [0.25, 0.3) is 0 Å². The maximum atomic E-state index is 9.18. The lowest BCUT2D eigenvalue weighted by Crippen LogP contribution is -1.89. The monoisotopic (exact) mass is 114 g/mol. The largest absolute Gasteiger partial charge is 0.323 e. The van der Waals surface area contributed by atoms with Gasteiger partial charge >= 0.3 is 0 Å². The number of nitrogens with zero attached hydrogens (tertiary/aromatic N) is 1. The molecule has 0 rings (SSSR count). The van der Waals surface area contributed by atoms with Crippen molar-refractivity contribution in [1.82, 2.24) is 5.32 Å². The Morgan fingerprint density at radius 1 is 1.75 bits per heavy atom. The van der Waals surface area contributed by atoms with Gasteiger partial charge < -0.3 is 10.1 Å². The molecular formula is C5H10N2O. The molecule has 0 bridgehead atoms. The van der Waals surface area contributed by atoms with E-state index in [-0.39, 0.29) is 6.42 Å². The molecule has 0 amide bonds. The molecule has 0 radical (unpaired) electrons. The van der Waals surface area contributed by atoms with E-state index in [9.17, 15) is 4.79 Å². The molecule has 0 aliphatic heterocycles. The van der Waals surface area contributed by atoms with Crippen LogP contribution in [0.1, 0.15) is 6.42 Å². The van der Waals surface area contributed by atoms with Gasteiger partial charge in [0.2, 0.25) is 0 Å². The Bertz CT molecular complexity index is 75.0. The predicted molar refractivity (Wildman–Crippen MR) is 31.3 cm³/mol. The van der Waals surface area contributed by atoms with Crippen molar-refractivity contribution in [3.05, 3.63) is 0 Å². The number of hydrogen-bond donors (Lipinski definition) is 1. The number of carbonyl (C=O) groups excluding carboxylic acids is 1. The summed E-state index contributed by atoms with van der Waals surface area (Å²) in [6.45, 7) is 0. The summed E-state index contributed by atoms with van der Waals surface area (Å²) in [5, 5.41) is 10.3. The third-order valence-electron chi connectivity index (χ3n) is 0.175. The molecule has 0 aromatic carbocycles. The quantitative estimate of drug-likeness (QED) is 0.486. The Morgan fingerprint density at radius 3 is 2.12 bits per heavy atom. The van der Waals surface area contributed by atoms with E-state index in [0.717, 1.165) is 0 Å². The zero-order valence-electron chi connectivity index (χ0n) is 5.14. The molecule has 0 fully saturated rings. The van der Waals surface area contributed by atoms with E-state index >= 15 is 0 Å². The number of rotatable bonds is 1. The number of hydrogen-bond acceptors (Lipinski definition) is 3. The Labute approximate surface area is 49.3 Å². The lowest BCUT2D eigenvalue weighted by Gasteiger charge is -1.59. The summed E-state index contributed by atoms with van der Waals surface area (Å²) >= 11 is 0. The maximum absolute atomic E-state index is 9.18. The van der Waals surface area contributed by atoms with Crippen LogP contribution < -0.4 is 5.32 Å². The first-order chi connectivity index (χ1) is 3.83. The van der Waals surface area contributed by atoms with E-state index in [0.29, 0.717) is 6.29 Å². The van der Waals surface area contributed by atoms with Gasteiger partial charge in [0, 0.05) is 0 Å². The van der Waals surface area contributed by atoms with Crippen LogP contribution in [0.15, 0.2) is 0 Å². The van der Waals surface area contributed by atoms with Gasteiger partial charge in [0.15, 0.2) is 0 Å². The SMILES string of the molecule is CNC.N#CCC=O. The van der Waals surface area contributed by atoms with E-state index in [1.807, 2.05) is 14.1 Å². The molecule has 0 heterocycles. The molecule has 0 saturated carbocycles.